The molecule has 1 fully saturated rings. The topological polar surface area (TPSA) is 78.4 Å². The van der Waals surface area contributed by atoms with E-state index in [1.54, 1.807) is 12.4 Å². The Morgan fingerprint density at radius 2 is 2.18 bits per heavy atom. The first-order valence-corrected chi connectivity index (χ1v) is 7.44. The molecule has 0 bridgehead atoms. The number of nitrogens with zero attached hydrogens (tertiary/aromatic N) is 3. The van der Waals surface area contributed by atoms with E-state index in [2.05, 4.69) is 15.3 Å². The van der Waals surface area contributed by atoms with Crippen molar-refractivity contribution in [1.29, 1.82) is 0 Å². The summed E-state index contributed by atoms with van der Waals surface area (Å²) in [5.74, 6) is 0.732. The van der Waals surface area contributed by atoms with Crippen LogP contribution in [0.2, 0.25) is 0 Å². The largest absolute Gasteiger partial charge is 0.465 e. The van der Waals surface area contributed by atoms with Gasteiger partial charge in [0.15, 0.2) is 0 Å². The molecule has 2 N–H and O–H groups in total. The number of carboxylic acid groups (broad SMARTS) is 1. The fraction of sp³-hybridized carbons (Fsp3) is 0.667. The van der Waals surface area contributed by atoms with E-state index in [1.165, 1.54) is 0 Å². The van der Waals surface area contributed by atoms with Crippen molar-refractivity contribution in [3.8, 4) is 0 Å². The van der Waals surface area contributed by atoms with Crippen LogP contribution in [0.3, 0.4) is 0 Å². The molecular formula is C15H23FN4O2. The lowest BCUT2D eigenvalue weighted by molar-refractivity contribution is 0.166. The standard InChI is InChI=1S/C15H23FN4O2/c1-10-6-18-13(7-17-10)20-8-11(4-12(16)9-20)5-15(2,3)19-14(21)22/h6-7,11-12,19H,4-5,8-9H2,1-3H3,(H,21,22)/t11-,12+/m1/s1. The highest BCUT2D eigenvalue weighted by molar-refractivity contribution is 5.65. The van der Waals surface area contributed by atoms with Crippen molar-refractivity contribution in [3.05, 3.63) is 18.1 Å². The molecule has 1 aromatic heterocycles. The zero-order chi connectivity index (χ0) is 16.3. The molecule has 1 aliphatic heterocycles. The van der Waals surface area contributed by atoms with Gasteiger partial charge in [0, 0.05) is 12.1 Å². The van der Waals surface area contributed by atoms with Gasteiger partial charge in [-0.15, -0.1) is 0 Å². The molecule has 0 saturated carbocycles. The third-order valence-electron chi connectivity index (χ3n) is 3.82. The number of rotatable bonds is 4. The van der Waals surface area contributed by atoms with Crippen molar-refractivity contribution >= 4 is 11.9 Å². The number of hydrogen-bond acceptors (Lipinski definition) is 4. The van der Waals surface area contributed by atoms with Gasteiger partial charge in [0.2, 0.25) is 0 Å². The Morgan fingerprint density at radius 1 is 1.45 bits per heavy atom. The highest BCUT2D eigenvalue weighted by atomic mass is 19.1. The monoisotopic (exact) mass is 310 g/mol. The van der Waals surface area contributed by atoms with Gasteiger partial charge in [-0.2, -0.15) is 0 Å². The zero-order valence-corrected chi connectivity index (χ0v) is 13.2. The summed E-state index contributed by atoms with van der Waals surface area (Å²) in [5.41, 5.74) is 0.235. The van der Waals surface area contributed by atoms with Gasteiger partial charge in [-0.1, -0.05) is 0 Å². The molecule has 122 valence electrons. The molecule has 0 aromatic carbocycles. The van der Waals surface area contributed by atoms with Gasteiger partial charge in [0.1, 0.15) is 12.0 Å². The second-order valence-electron chi connectivity index (χ2n) is 6.64. The lowest BCUT2D eigenvalue weighted by Gasteiger charge is -2.38. The summed E-state index contributed by atoms with van der Waals surface area (Å²) >= 11 is 0. The first-order valence-electron chi connectivity index (χ1n) is 7.44. The van der Waals surface area contributed by atoms with E-state index in [4.69, 9.17) is 5.11 Å². The Bertz CT molecular complexity index is 521. The predicted octanol–water partition coefficient (Wildman–Crippen LogP) is 2.39. The van der Waals surface area contributed by atoms with E-state index >= 15 is 0 Å². The van der Waals surface area contributed by atoms with E-state index in [1.807, 2.05) is 25.7 Å². The summed E-state index contributed by atoms with van der Waals surface area (Å²) in [4.78, 5) is 21.2. The third kappa shape index (κ3) is 4.54. The summed E-state index contributed by atoms with van der Waals surface area (Å²) in [6, 6.07) is 0. The van der Waals surface area contributed by atoms with Crippen LogP contribution >= 0.6 is 0 Å². The Balaban J connectivity index is 2.04. The summed E-state index contributed by atoms with van der Waals surface area (Å²) < 4.78 is 14.1. The Morgan fingerprint density at radius 3 is 2.77 bits per heavy atom. The normalized spacial score (nSPS) is 22.5. The molecular weight excluding hydrogens is 287 g/mol. The number of nitrogens with one attached hydrogen (secondary N) is 1. The molecule has 1 amide bonds. The third-order valence-corrected chi connectivity index (χ3v) is 3.82. The molecule has 0 radical (unpaired) electrons. The van der Waals surface area contributed by atoms with Crippen LogP contribution in [0.25, 0.3) is 0 Å². The molecule has 1 aromatic rings. The van der Waals surface area contributed by atoms with Crippen LogP contribution in [-0.2, 0) is 0 Å². The van der Waals surface area contributed by atoms with Gasteiger partial charge in [0.25, 0.3) is 0 Å². The number of piperidine rings is 1. The van der Waals surface area contributed by atoms with Gasteiger partial charge in [-0.05, 0) is 39.5 Å². The summed E-state index contributed by atoms with van der Waals surface area (Å²) in [5, 5.41) is 11.4. The van der Waals surface area contributed by atoms with Crippen molar-refractivity contribution in [1.82, 2.24) is 15.3 Å². The second-order valence-corrected chi connectivity index (χ2v) is 6.64. The molecule has 0 aliphatic carbocycles. The maximum absolute atomic E-state index is 14.1. The number of hydrogen-bond donors (Lipinski definition) is 2. The Labute approximate surface area is 129 Å². The smallest absolute Gasteiger partial charge is 0.405 e. The number of carbonyl (C=O) groups is 1. The molecule has 22 heavy (non-hydrogen) atoms. The van der Waals surface area contributed by atoms with Gasteiger partial charge in [0.05, 0.1) is 24.6 Å². The van der Waals surface area contributed by atoms with E-state index in [9.17, 15) is 9.18 Å². The lowest BCUT2D eigenvalue weighted by Crippen LogP contribution is -2.48. The molecule has 7 heteroatoms. The zero-order valence-electron chi connectivity index (χ0n) is 13.2. The van der Waals surface area contributed by atoms with Crippen molar-refractivity contribution in [2.24, 2.45) is 5.92 Å². The van der Waals surface area contributed by atoms with Crippen molar-refractivity contribution < 1.29 is 14.3 Å². The van der Waals surface area contributed by atoms with E-state index in [0.717, 1.165) is 5.69 Å². The Kier molecular flexibility index (Phi) is 4.83. The van der Waals surface area contributed by atoms with E-state index < -0.39 is 17.8 Å². The molecule has 2 heterocycles. The molecule has 2 atom stereocenters. The van der Waals surface area contributed by atoms with Crippen LogP contribution in [0, 0.1) is 12.8 Å². The van der Waals surface area contributed by atoms with Crippen molar-refractivity contribution in [2.45, 2.75) is 45.3 Å². The number of aryl methyl sites for hydroxylation is 1. The highest BCUT2D eigenvalue weighted by Gasteiger charge is 2.32. The van der Waals surface area contributed by atoms with Crippen LogP contribution in [0.5, 0.6) is 0 Å². The maximum atomic E-state index is 14.1. The predicted molar refractivity (Wildman–Crippen MR) is 81.8 cm³/mol. The molecule has 0 spiro atoms. The van der Waals surface area contributed by atoms with Crippen molar-refractivity contribution in [3.63, 3.8) is 0 Å². The van der Waals surface area contributed by atoms with Crippen molar-refractivity contribution in [2.75, 3.05) is 18.0 Å². The van der Waals surface area contributed by atoms with Crippen LogP contribution in [0.15, 0.2) is 12.4 Å². The molecule has 0 unspecified atom stereocenters. The SMILES string of the molecule is Cc1cnc(N2C[C@@H](F)C[C@H](CC(C)(C)NC(=O)O)C2)cn1. The van der Waals surface area contributed by atoms with Gasteiger partial charge < -0.3 is 15.3 Å². The molecule has 2 rings (SSSR count). The fourth-order valence-corrected chi connectivity index (χ4v) is 3.08. The minimum atomic E-state index is -1.06. The quantitative estimate of drug-likeness (QED) is 0.893. The van der Waals surface area contributed by atoms with Gasteiger partial charge in [-0.25, -0.2) is 14.2 Å². The average molecular weight is 310 g/mol. The summed E-state index contributed by atoms with van der Waals surface area (Å²) in [6.07, 6.45) is 2.35. The number of halogens is 1. The minimum Gasteiger partial charge on any atom is -0.465 e. The molecule has 6 nitrogen and oxygen atoms in total. The van der Waals surface area contributed by atoms with Gasteiger partial charge in [-0.3, -0.25) is 4.98 Å². The average Bonchev–Trinajstić information content (AvgIpc) is 2.36. The molecule has 1 aliphatic rings. The van der Waals surface area contributed by atoms with E-state index in [0.29, 0.717) is 31.7 Å². The number of anilines is 1. The second kappa shape index (κ2) is 6.46. The fourth-order valence-electron chi connectivity index (χ4n) is 3.08. The lowest BCUT2D eigenvalue weighted by atomic mass is 9.85. The maximum Gasteiger partial charge on any atom is 0.405 e. The first-order chi connectivity index (χ1) is 10.2. The van der Waals surface area contributed by atoms with Crippen LogP contribution in [-0.4, -0.2) is 46.0 Å². The number of alkyl halides is 1. The van der Waals surface area contributed by atoms with Crippen LogP contribution in [0.4, 0.5) is 15.0 Å². The van der Waals surface area contributed by atoms with Crippen LogP contribution in [0.1, 0.15) is 32.4 Å². The minimum absolute atomic E-state index is 0.0636. The number of aromatic nitrogens is 2. The highest BCUT2D eigenvalue weighted by Crippen LogP contribution is 2.29. The summed E-state index contributed by atoms with van der Waals surface area (Å²) in [7, 11) is 0. The van der Waals surface area contributed by atoms with Crippen LogP contribution < -0.4 is 10.2 Å². The van der Waals surface area contributed by atoms with Gasteiger partial charge >= 0.3 is 6.09 Å². The molecule has 1 saturated heterocycles. The number of amides is 1. The summed E-state index contributed by atoms with van der Waals surface area (Å²) in [6.45, 7) is 6.45. The Hall–Kier alpha value is -1.92. The van der Waals surface area contributed by atoms with E-state index in [-0.39, 0.29) is 5.92 Å². The first kappa shape index (κ1) is 16.5.